The van der Waals surface area contributed by atoms with Gasteiger partial charge in [-0.1, -0.05) is 0 Å². The van der Waals surface area contributed by atoms with Crippen molar-refractivity contribution in [2.75, 3.05) is 32.5 Å². The second-order valence-corrected chi connectivity index (χ2v) is 6.87. The maximum atomic E-state index is 4.73. The van der Waals surface area contributed by atoms with Crippen LogP contribution in [0.25, 0.3) is 32.7 Å². The summed E-state index contributed by atoms with van der Waals surface area (Å²) in [7, 11) is 4.21. The third-order valence-electron chi connectivity index (χ3n) is 4.55. The number of benzene rings is 1. The van der Waals surface area contributed by atoms with Crippen molar-refractivity contribution >= 4 is 38.4 Å². The van der Waals surface area contributed by atoms with E-state index < -0.39 is 0 Å². The van der Waals surface area contributed by atoms with Gasteiger partial charge in [-0.15, -0.1) is 0 Å². The fourth-order valence-electron chi connectivity index (χ4n) is 3.35. The maximum Gasteiger partial charge on any atom is 0.0747 e. The molecule has 128 valence electrons. The Hall–Kier alpha value is -2.66. The Morgan fingerprint density at radius 1 is 1.08 bits per heavy atom. The average molecular weight is 333 g/mol. The van der Waals surface area contributed by atoms with Crippen molar-refractivity contribution in [1.29, 1.82) is 0 Å². The molecule has 5 heteroatoms. The zero-order chi connectivity index (χ0) is 17.4. The van der Waals surface area contributed by atoms with Gasteiger partial charge in [0.2, 0.25) is 0 Å². The molecule has 5 nitrogen and oxygen atoms in total. The standard InChI is InChI=1S/C20H23N5/c1-13-9-18(22-6-4-8-25(2)3)15-10-14-16-12-21-7-5-17(16)24-19(14)11-20(15)23-13/h5,7,9-12,22-23H,4,6,8H2,1-3H3. The Labute approximate surface area is 147 Å². The van der Waals surface area contributed by atoms with Crippen LogP contribution >= 0.6 is 0 Å². The Bertz CT molecular complexity index is 1050. The molecule has 0 saturated heterocycles. The van der Waals surface area contributed by atoms with Gasteiger partial charge in [-0.2, -0.15) is 0 Å². The zero-order valence-corrected chi connectivity index (χ0v) is 14.9. The van der Waals surface area contributed by atoms with E-state index in [0.717, 1.165) is 52.5 Å². The summed E-state index contributed by atoms with van der Waals surface area (Å²) in [5.74, 6) is 0. The van der Waals surface area contributed by atoms with Gasteiger partial charge in [-0.05, 0) is 58.3 Å². The number of H-pyrrole nitrogens is 1. The largest absolute Gasteiger partial charge is 0.384 e. The Balaban J connectivity index is 1.80. The van der Waals surface area contributed by atoms with Crippen molar-refractivity contribution in [1.82, 2.24) is 19.9 Å². The van der Waals surface area contributed by atoms with Crippen LogP contribution in [0.15, 0.2) is 36.7 Å². The predicted molar refractivity (Wildman–Crippen MR) is 105 cm³/mol. The summed E-state index contributed by atoms with van der Waals surface area (Å²) in [4.78, 5) is 14.7. The van der Waals surface area contributed by atoms with E-state index in [1.165, 1.54) is 11.1 Å². The summed E-state index contributed by atoms with van der Waals surface area (Å²) in [6.45, 7) is 4.13. The number of aromatic nitrogens is 3. The lowest BCUT2D eigenvalue weighted by molar-refractivity contribution is 0.405. The van der Waals surface area contributed by atoms with Crippen LogP contribution in [0.3, 0.4) is 0 Å². The van der Waals surface area contributed by atoms with Gasteiger partial charge in [0, 0.05) is 52.0 Å². The normalized spacial score (nSPS) is 11.8. The number of hydrogen-bond acceptors (Lipinski definition) is 4. The first-order valence-corrected chi connectivity index (χ1v) is 8.67. The Kier molecular flexibility index (Phi) is 4.01. The summed E-state index contributed by atoms with van der Waals surface area (Å²) in [5.41, 5.74) is 5.43. The molecule has 0 amide bonds. The number of pyridine rings is 2. The minimum absolute atomic E-state index is 0.955. The quantitative estimate of drug-likeness (QED) is 0.543. The third kappa shape index (κ3) is 3.03. The van der Waals surface area contributed by atoms with Crippen LogP contribution in [0, 0.1) is 6.92 Å². The molecule has 0 radical (unpaired) electrons. The van der Waals surface area contributed by atoms with E-state index in [9.17, 15) is 0 Å². The van der Waals surface area contributed by atoms with Crippen molar-refractivity contribution in [3.8, 4) is 0 Å². The molecule has 2 N–H and O–H groups in total. The first-order valence-electron chi connectivity index (χ1n) is 8.67. The lowest BCUT2D eigenvalue weighted by Crippen LogP contribution is -2.16. The topological polar surface area (TPSA) is 56.8 Å². The van der Waals surface area contributed by atoms with Crippen LogP contribution in [0.2, 0.25) is 0 Å². The number of nitrogens with one attached hydrogen (secondary N) is 2. The van der Waals surface area contributed by atoms with E-state index in [4.69, 9.17) is 4.98 Å². The number of nitrogens with zero attached hydrogens (tertiary/aromatic N) is 3. The average Bonchev–Trinajstić information content (AvgIpc) is 2.94. The van der Waals surface area contributed by atoms with Crippen LogP contribution in [-0.4, -0.2) is 47.0 Å². The smallest absolute Gasteiger partial charge is 0.0747 e. The highest BCUT2D eigenvalue weighted by Gasteiger charge is 2.10. The van der Waals surface area contributed by atoms with Crippen LogP contribution in [-0.2, 0) is 0 Å². The molecule has 0 aliphatic rings. The van der Waals surface area contributed by atoms with E-state index in [1.54, 1.807) is 6.20 Å². The van der Waals surface area contributed by atoms with Crippen molar-refractivity contribution in [3.05, 3.63) is 42.4 Å². The van der Waals surface area contributed by atoms with Crippen molar-refractivity contribution in [2.45, 2.75) is 13.3 Å². The molecule has 0 bridgehead atoms. The zero-order valence-electron chi connectivity index (χ0n) is 14.9. The predicted octanol–water partition coefficient (Wildman–Crippen LogP) is 3.94. The number of rotatable bonds is 5. The SMILES string of the molecule is Cc1cc(NCCCN(C)C)c2cc3c(cc2[nH]1)nc1ccncc13. The highest BCUT2D eigenvalue weighted by Crippen LogP contribution is 2.32. The maximum absolute atomic E-state index is 4.73. The molecule has 0 saturated carbocycles. The van der Waals surface area contributed by atoms with Gasteiger partial charge >= 0.3 is 0 Å². The summed E-state index contributed by atoms with van der Waals surface area (Å²) >= 11 is 0. The molecular formula is C20H23N5. The van der Waals surface area contributed by atoms with Gasteiger partial charge in [0.25, 0.3) is 0 Å². The highest BCUT2D eigenvalue weighted by atomic mass is 15.1. The van der Waals surface area contributed by atoms with Crippen LogP contribution in [0.4, 0.5) is 5.69 Å². The molecule has 3 heterocycles. The molecule has 3 aromatic heterocycles. The fourth-order valence-corrected chi connectivity index (χ4v) is 3.35. The van der Waals surface area contributed by atoms with Crippen LogP contribution < -0.4 is 5.32 Å². The number of hydrogen-bond donors (Lipinski definition) is 2. The Morgan fingerprint density at radius 3 is 2.80 bits per heavy atom. The van der Waals surface area contributed by atoms with Crippen molar-refractivity contribution in [2.24, 2.45) is 0 Å². The third-order valence-corrected chi connectivity index (χ3v) is 4.55. The minimum Gasteiger partial charge on any atom is -0.384 e. The molecule has 0 aliphatic carbocycles. The molecule has 4 rings (SSSR count). The molecular weight excluding hydrogens is 310 g/mol. The van der Waals surface area contributed by atoms with E-state index in [-0.39, 0.29) is 0 Å². The summed E-state index contributed by atoms with van der Waals surface area (Å²) in [6.07, 6.45) is 4.81. The van der Waals surface area contributed by atoms with Crippen molar-refractivity contribution in [3.63, 3.8) is 0 Å². The van der Waals surface area contributed by atoms with Gasteiger partial charge in [-0.3, -0.25) is 4.98 Å². The summed E-state index contributed by atoms with van der Waals surface area (Å²) < 4.78 is 0. The monoisotopic (exact) mass is 333 g/mol. The van der Waals surface area contributed by atoms with Gasteiger partial charge in [0.15, 0.2) is 0 Å². The van der Waals surface area contributed by atoms with E-state index in [1.807, 2.05) is 12.3 Å². The lowest BCUT2D eigenvalue weighted by atomic mass is 10.1. The lowest BCUT2D eigenvalue weighted by Gasteiger charge is -2.13. The fraction of sp³-hybridized carbons (Fsp3) is 0.300. The molecule has 4 aromatic rings. The summed E-state index contributed by atoms with van der Waals surface area (Å²) in [6, 6.07) is 8.52. The second kappa shape index (κ2) is 6.33. The van der Waals surface area contributed by atoms with Crippen molar-refractivity contribution < 1.29 is 0 Å². The number of aromatic amines is 1. The van der Waals surface area contributed by atoms with Gasteiger partial charge < -0.3 is 15.2 Å². The molecule has 25 heavy (non-hydrogen) atoms. The van der Waals surface area contributed by atoms with Crippen LogP contribution in [0.1, 0.15) is 12.1 Å². The minimum atomic E-state index is 0.955. The molecule has 0 fully saturated rings. The Morgan fingerprint density at radius 2 is 1.96 bits per heavy atom. The molecule has 0 atom stereocenters. The number of fused-ring (bicyclic) bond motifs is 4. The first-order chi connectivity index (χ1) is 12.1. The van der Waals surface area contributed by atoms with Gasteiger partial charge in [0.05, 0.1) is 11.0 Å². The van der Waals surface area contributed by atoms with Crippen LogP contribution in [0.5, 0.6) is 0 Å². The second-order valence-electron chi connectivity index (χ2n) is 6.87. The molecule has 0 unspecified atom stereocenters. The number of aryl methyl sites for hydroxylation is 1. The highest BCUT2D eigenvalue weighted by molar-refractivity contribution is 6.12. The molecule has 0 aliphatic heterocycles. The van der Waals surface area contributed by atoms with Gasteiger partial charge in [-0.25, -0.2) is 4.98 Å². The number of anilines is 1. The van der Waals surface area contributed by atoms with E-state index >= 15 is 0 Å². The van der Waals surface area contributed by atoms with E-state index in [0.29, 0.717) is 0 Å². The molecule has 0 spiro atoms. The van der Waals surface area contributed by atoms with Gasteiger partial charge in [0.1, 0.15) is 0 Å². The molecule has 1 aromatic carbocycles. The van der Waals surface area contributed by atoms with E-state index in [2.05, 4.69) is 59.4 Å². The summed E-state index contributed by atoms with van der Waals surface area (Å²) in [5, 5.41) is 7.07. The first kappa shape index (κ1) is 15.8.